The summed E-state index contributed by atoms with van der Waals surface area (Å²) in [4.78, 5) is 25.2. The summed E-state index contributed by atoms with van der Waals surface area (Å²) in [6, 6.07) is 12.1. The van der Waals surface area contributed by atoms with Crippen LogP contribution in [-0.2, 0) is 19.7 Å². The van der Waals surface area contributed by atoms with Crippen molar-refractivity contribution in [1.29, 1.82) is 5.26 Å². The highest BCUT2D eigenvalue weighted by Crippen LogP contribution is 2.48. The molecule has 2 aromatic carbocycles. The third kappa shape index (κ3) is 13.7. The quantitative estimate of drug-likeness (QED) is 0.0301. The average molecular weight is 866 g/mol. The molecule has 4 rings (SSSR count). The molecular formula is C49H65Cl3N3O4+. The number of hydrogen-bond acceptors (Lipinski definition) is 5. The number of benzene rings is 2. The molecule has 0 amide bonds. The molecule has 2 heterocycles. The molecule has 2 aromatic rings. The van der Waals surface area contributed by atoms with Crippen molar-refractivity contribution < 1.29 is 24.0 Å². The summed E-state index contributed by atoms with van der Waals surface area (Å²) in [6.07, 6.45) is 28.8. The molecule has 0 saturated carbocycles. The van der Waals surface area contributed by atoms with Crippen LogP contribution in [0.2, 0.25) is 15.1 Å². The summed E-state index contributed by atoms with van der Waals surface area (Å²) in [6.45, 7) is 8.09. The van der Waals surface area contributed by atoms with Crippen LogP contribution in [0.3, 0.4) is 0 Å². The zero-order valence-corrected chi connectivity index (χ0v) is 37.8. The van der Waals surface area contributed by atoms with E-state index < -0.39 is 11.4 Å². The van der Waals surface area contributed by atoms with E-state index in [0.29, 0.717) is 33.7 Å². The third-order valence-corrected chi connectivity index (χ3v) is 13.0. The van der Waals surface area contributed by atoms with Gasteiger partial charge in [-0.1, -0.05) is 151 Å². The number of carboxylic acids is 1. The Labute approximate surface area is 368 Å². The molecule has 2 unspecified atom stereocenters. The maximum atomic E-state index is 11.9. The van der Waals surface area contributed by atoms with Crippen LogP contribution < -0.4 is 4.90 Å². The van der Waals surface area contributed by atoms with Crippen molar-refractivity contribution in [3.8, 4) is 6.07 Å². The predicted octanol–water partition coefficient (Wildman–Crippen LogP) is 14.2. The highest BCUT2D eigenvalue weighted by atomic mass is 35.5. The van der Waals surface area contributed by atoms with Gasteiger partial charge in [-0.15, -0.1) is 0 Å². The number of hydrogen-bond donors (Lipinski definition) is 1. The third-order valence-electron chi connectivity index (χ3n) is 12.0. The molecule has 0 bridgehead atoms. The van der Waals surface area contributed by atoms with Crippen LogP contribution in [0.5, 0.6) is 0 Å². The molecule has 7 nitrogen and oxygen atoms in total. The Morgan fingerprint density at radius 1 is 0.915 bits per heavy atom. The number of aliphatic carboxylic acids is 1. The van der Waals surface area contributed by atoms with E-state index in [1.807, 2.05) is 59.2 Å². The van der Waals surface area contributed by atoms with Gasteiger partial charge in [-0.05, 0) is 67.8 Å². The molecule has 0 aromatic heterocycles. The lowest BCUT2D eigenvalue weighted by atomic mass is 9.75. The SMILES string of the molecule is CCCCCCCCCCC1C(=CC=C(C#N)C=CC2=[N+](CCC(=O)O)c3cc(Cl)c(Cl)cc3C2(C)CCCCCCCCCC)N(CCOC=O)c2ccc(Cl)cc21. The molecule has 0 radical (unpaired) electrons. The van der Waals surface area contributed by atoms with E-state index in [9.17, 15) is 20.0 Å². The van der Waals surface area contributed by atoms with Gasteiger partial charge in [0.05, 0.1) is 33.6 Å². The van der Waals surface area contributed by atoms with Crippen molar-refractivity contribution in [3.63, 3.8) is 0 Å². The second kappa shape index (κ2) is 25.3. The van der Waals surface area contributed by atoms with Gasteiger partial charge >= 0.3 is 5.97 Å². The molecule has 2 aliphatic heterocycles. The number of anilines is 1. The number of halogens is 3. The number of nitrogens with zero attached hydrogens (tertiary/aromatic N) is 3. The summed E-state index contributed by atoms with van der Waals surface area (Å²) < 4.78 is 7.21. The monoisotopic (exact) mass is 864 g/mol. The molecule has 320 valence electrons. The topological polar surface area (TPSA) is 93.6 Å². The first-order chi connectivity index (χ1) is 28.6. The van der Waals surface area contributed by atoms with Crippen molar-refractivity contribution >= 4 is 64.3 Å². The average Bonchev–Trinajstić information content (AvgIpc) is 3.62. The molecule has 1 N–H and O–H groups in total. The first kappa shape index (κ1) is 48.1. The number of carboxylic acid groups (broad SMARTS) is 1. The normalized spacial score (nSPS) is 18.2. The Bertz CT molecular complexity index is 1880. The van der Waals surface area contributed by atoms with Crippen LogP contribution in [0.4, 0.5) is 11.4 Å². The van der Waals surface area contributed by atoms with Gasteiger partial charge in [0.25, 0.3) is 6.47 Å². The zero-order chi connectivity index (χ0) is 42.6. The molecule has 10 heteroatoms. The maximum Gasteiger partial charge on any atom is 0.309 e. The van der Waals surface area contributed by atoms with Crippen LogP contribution in [0.1, 0.15) is 160 Å². The summed E-state index contributed by atoms with van der Waals surface area (Å²) in [5.41, 5.74) is 5.97. The maximum absolute atomic E-state index is 11.9. The number of carbonyl (C=O) groups is 2. The van der Waals surface area contributed by atoms with Crippen LogP contribution in [0, 0.1) is 11.3 Å². The van der Waals surface area contributed by atoms with Gasteiger partial charge in [0.1, 0.15) is 13.0 Å². The fraction of sp³-hybridized carbons (Fsp3) is 0.551. The molecule has 59 heavy (non-hydrogen) atoms. The van der Waals surface area contributed by atoms with E-state index >= 15 is 0 Å². The van der Waals surface area contributed by atoms with Crippen molar-refractivity contribution in [1.82, 2.24) is 0 Å². The first-order valence-electron chi connectivity index (χ1n) is 22.1. The van der Waals surface area contributed by atoms with Gasteiger partial charge in [0, 0.05) is 40.0 Å². The van der Waals surface area contributed by atoms with Crippen molar-refractivity contribution in [2.75, 3.05) is 24.6 Å². The van der Waals surface area contributed by atoms with Crippen LogP contribution in [-0.4, -0.2) is 47.5 Å². The van der Waals surface area contributed by atoms with E-state index in [1.54, 1.807) is 0 Å². The lowest BCUT2D eigenvalue weighted by molar-refractivity contribution is -0.436. The number of fused-ring (bicyclic) bond motifs is 2. The highest BCUT2D eigenvalue weighted by molar-refractivity contribution is 6.42. The Morgan fingerprint density at radius 3 is 2.17 bits per heavy atom. The number of nitriles is 1. The fourth-order valence-corrected chi connectivity index (χ4v) is 9.31. The number of ether oxygens (including phenoxy) is 1. The van der Waals surface area contributed by atoms with Crippen molar-refractivity contribution in [2.45, 2.75) is 154 Å². The van der Waals surface area contributed by atoms with E-state index in [2.05, 4.69) is 31.7 Å². The van der Waals surface area contributed by atoms with Crippen LogP contribution in [0.25, 0.3) is 0 Å². The molecule has 0 saturated heterocycles. The Balaban J connectivity index is 1.68. The van der Waals surface area contributed by atoms with Gasteiger partial charge < -0.3 is 14.7 Å². The smallest absolute Gasteiger partial charge is 0.309 e. The minimum atomic E-state index is -0.890. The van der Waals surface area contributed by atoms with Gasteiger partial charge in [-0.25, -0.2) is 0 Å². The molecule has 0 spiro atoms. The molecular weight excluding hydrogens is 801 g/mol. The van der Waals surface area contributed by atoms with Gasteiger partial charge in [0.2, 0.25) is 5.69 Å². The van der Waals surface area contributed by atoms with Gasteiger partial charge in [0.15, 0.2) is 12.3 Å². The summed E-state index contributed by atoms with van der Waals surface area (Å²) >= 11 is 19.8. The van der Waals surface area contributed by atoms with E-state index in [4.69, 9.17) is 39.5 Å². The second-order valence-electron chi connectivity index (χ2n) is 16.3. The minimum Gasteiger partial charge on any atom is -0.481 e. The Kier molecular flexibility index (Phi) is 20.6. The molecule has 2 atom stereocenters. The van der Waals surface area contributed by atoms with E-state index in [-0.39, 0.29) is 25.5 Å². The Morgan fingerprint density at radius 2 is 1.54 bits per heavy atom. The van der Waals surface area contributed by atoms with Crippen LogP contribution in [0.15, 0.2) is 65.9 Å². The molecule has 0 aliphatic carbocycles. The number of unbranched alkanes of at least 4 members (excludes halogenated alkanes) is 14. The molecule has 2 aliphatic rings. The van der Waals surface area contributed by atoms with Crippen molar-refractivity contribution in [3.05, 3.63) is 92.1 Å². The highest BCUT2D eigenvalue weighted by Gasteiger charge is 2.48. The second-order valence-corrected chi connectivity index (χ2v) is 17.6. The molecule has 0 fully saturated rings. The van der Waals surface area contributed by atoms with E-state index in [0.717, 1.165) is 72.4 Å². The lowest BCUT2D eigenvalue weighted by Crippen LogP contribution is -2.31. The summed E-state index contributed by atoms with van der Waals surface area (Å²) in [5.74, 6) is -0.825. The van der Waals surface area contributed by atoms with Gasteiger partial charge in [-0.3, -0.25) is 9.59 Å². The van der Waals surface area contributed by atoms with Gasteiger partial charge in [-0.2, -0.15) is 9.84 Å². The predicted molar refractivity (Wildman–Crippen MR) is 245 cm³/mol. The first-order valence-corrected chi connectivity index (χ1v) is 23.2. The Hall–Kier alpha value is -3.57. The summed E-state index contributed by atoms with van der Waals surface area (Å²) in [5, 5.41) is 21.8. The van der Waals surface area contributed by atoms with Crippen LogP contribution >= 0.6 is 34.8 Å². The fourth-order valence-electron chi connectivity index (χ4n) is 8.81. The van der Waals surface area contributed by atoms with Crippen molar-refractivity contribution in [2.24, 2.45) is 0 Å². The minimum absolute atomic E-state index is 0.0631. The standard InChI is InChI=1S/C49H64Cl3N3O4/c1-4-6-8-10-12-14-16-18-20-39-40-32-38(50)23-25-45(40)54(30-31-59-36-56)44(39)24-21-37(35-53)22-26-47-49(3,28-19-17-15-13-11-9-7-5-2)41-33-42(51)43(52)34-46(41)55(47)29-27-48(57)58/h21-26,32-34,36,39H,4-20,27-31H2,1-3H3/p+1. The number of rotatable bonds is 28. The number of allylic oxidation sites excluding steroid dienone is 6. The van der Waals surface area contributed by atoms with E-state index in [1.165, 1.54) is 77.0 Å². The zero-order valence-electron chi connectivity index (χ0n) is 35.6. The summed E-state index contributed by atoms with van der Waals surface area (Å²) in [7, 11) is 0. The number of carbonyl (C=O) groups excluding carboxylic acids is 1. The largest absolute Gasteiger partial charge is 0.481 e. The lowest BCUT2D eigenvalue weighted by Gasteiger charge is -2.23.